The molecule has 2 fully saturated rings. The average Bonchev–Trinajstić information content (AvgIpc) is 3.04. The Balaban J connectivity index is 1.70. The van der Waals surface area contributed by atoms with Crippen LogP contribution in [0.4, 0.5) is 4.79 Å². The first-order valence-electron chi connectivity index (χ1n) is 8.43. The van der Waals surface area contributed by atoms with Gasteiger partial charge in [0.25, 0.3) is 5.91 Å². The van der Waals surface area contributed by atoms with Gasteiger partial charge in [-0.15, -0.1) is 0 Å². The highest BCUT2D eigenvalue weighted by Gasteiger charge is 2.54. The van der Waals surface area contributed by atoms with Gasteiger partial charge in [-0.3, -0.25) is 14.6 Å². The Morgan fingerprint density at radius 3 is 2.78 bits per heavy atom. The molecule has 0 aromatic carbocycles. The van der Waals surface area contributed by atoms with E-state index in [4.69, 9.17) is 0 Å². The van der Waals surface area contributed by atoms with E-state index in [2.05, 4.69) is 28.7 Å². The Hall–Kier alpha value is -1.40. The SMILES string of the molecule is CCCCN1C(=O)N2CCN(Cc3ccsc3)CCC2(C)C1=O. The number of nitrogens with zero attached hydrogens (tertiary/aromatic N) is 3. The Morgan fingerprint density at radius 1 is 1.26 bits per heavy atom. The summed E-state index contributed by atoms with van der Waals surface area (Å²) < 4.78 is 0. The summed E-state index contributed by atoms with van der Waals surface area (Å²) >= 11 is 1.71. The molecule has 3 heterocycles. The average molecular weight is 335 g/mol. The topological polar surface area (TPSA) is 43.9 Å². The van der Waals surface area contributed by atoms with Crippen molar-refractivity contribution in [1.82, 2.24) is 14.7 Å². The third-order valence-corrected chi connectivity index (χ3v) is 5.77. The highest BCUT2D eigenvalue weighted by atomic mass is 32.1. The second-order valence-corrected chi connectivity index (χ2v) is 7.46. The second-order valence-electron chi connectivity index (χ2n) is 6.68. The number of unbranched alkanes of at least 4 members (excludes halogenated alkanes) is 1. The van der Waals surface area contributed by atoms with Crippen LogP contribution >= 0.6 is 11.3 Å². The predicted octanol–water partition coefficient (Wildman–Crippen LogP) is 2.78. The lowest BCUT2D eigenvalue weighted by molar-refractivity contribution is -0.132. The summed E-state index contributed by atoms with van der Waals surface area (Å²) in [5, 5.41) is 4.25. The first-order chi connectivity index (χ1) is 11.1. The molecule has 1 atom stereocenters. The molecule has 2 aliphatic heterocycles. The molecule has 0 N–H and O–H groups in total. The first kappa shape index (κ1) is 16.5. The van der Waals surface area contributed by atoms with Crippen molar-refractivity contribution in [2.24, 2.45) is 0 Å². The zero-order chi connectivity index (χ0) is 16.4. The lowest BCUT2D eigenvalue weighted by Gasteiger charge is -2.28. The van der Waals surface area contributed by atoms with Crippen molar-refractivity contribution in [3.05, 3.63) is 22.4 Å². The smallest absolute Gasteiger partial charge is 0.308 e. The molecule has 0 saturated carbocycles. The number of amides is 3. The maximum atomic E-state index is 12.8. The lowest BCUT2D eigenvalue weighted by atomic mass is 9.96. The van der Waals surface area contributed by atoms with Crippen LogP contribution in [-0.4, -0.2) is 58.4 Å². The van der Waals surface area contributed by atoms with E-state index in [1.807, 2.05) is 6.92 Å². The maximum Gasteiger partial charge on any atom is 0.327 e. The third kappa shape index (κ3) is 3.02. The van der Waals surface area contributed by atoms with Crippen molar-refractivity contribution in [3.8, 4) is 0 Å². The van der Waals surface area contributed by atoms with E-state index in [1.165, 1.54) is 10.5 Å². The van der Waals surface area contributed by atoms with Gasteiger partial charge in [0.15, 0.2) is 0 Å². The summed E-state index contributed by atoms with van der Waals surface area (Å²) in [4.78, 5) is 31.1. The van der Waals surface area contributed by atoms with Gasteiger partial charge in [0.2, 0.25) is 0 Å². The zero-order valence-corrected chi connectivity index (χ0v) is 14.8. The number of thiophene rings is 1. The van der Waals surface area contributed by atoms with E-state index in [0.717, 1.165) is 32.5 Å². The number of imide groups is 1. The number of rotatable bonds is 5. The van der Waals surface area contributed by atoms with Crippen LogP contribution in [-0.2, 0) is 11.3 Å². The highest BCUT2D eigenvalue weighted by molar-refractivity contribution is 7.07. The quantitative estimate of drug-likeness (QED) is 0.777. The van der Waals surface area contributed by atoms with E-state index < -0.39 is 5.54 Å². The maximum absolute atomic E-state index is 12.8. The fraction of sp³-hybridized carbons (Fsp3) is 0.647. The van der Waals surface area contributed by atoms with E-state index in [1.54, 1.807) is 16.2 Å². The minimum absolute atomic E-state index is 0.00617. The molecule has 1 unspecified atom stereocenters. The van der Waals surface area contributed by atoms with Gasteiger partial charge >= 0.3 is 6.03 Å². The van der Waals surface area contributed by atoms with Crippen molar-refractivity contribution in [2.75, 3.05) is 26.2 Å². The standard InChI is InChI=1S/C17H25N3O2S/c1-3-4-7-19-15(21)17(2)6-8-18(9-10-20(17)16(19)22)12-14-5-11-23-13-14/h5,11,13H,3-4,6-10,12H2,1-2H3. The molecular weight excluding hydrogens is 310 g/mol. The van der Waals surface area contributed by atoms with E-state index in [0.29, 0.717) is 19.5 Å². The van der Waals surface area contributed by atoms with Crippen molar-refractivity contribution in [2.45, 2.75) is 45.2 Å². The normalized spacial score (nSPS) is 25.8. The fourth-order valence-corrected chi connectivity index (χ4v) is 4.14. The predicted molar refractivity (Wildman–Crippen MR) is 91.3 cm³/mol. The third-order valence-electron chi connectivity index (χ3n) is 5.04. The van der Waals surface area contributed by atoms with Crippen LogP contribution in [0.25, 0.3) is 0 Å². The van der Waals surface area contributed by atoms with Gasteiger partial charge in [-0.2, -0.15) is 11.3 Å². The van der Waals surface area contributed by atoms with Crippen molar-refractivity contribution < 1.29 is 9.59 Å². The summed E-state index contributed by atoms with van der Waals surface area (Å²) in [5.41, 5.74) is 0.651. The Labute approximate surface area is 141 Å². The molecule has 5 nitrogen and oxygen atoms in total. The molecule has 0 radical (unpaired) electrons. The van der Waals surface area contributed by atoms with Crippen LogP contribution < -0.4 is 0 Å². The monoisotopic (exact) mass is 335 g/mol. The van der Waals surface area contributed by atoms with Crippen LogP contribution in [0.3, 0.4) is 0 Å². The molecule has 23 heavy (non-hydrogen) atoms. The minimum atomic E-state index is -0.659. The van der Waals surface area contributed by atoms with Crippen LogP contribution in [0.15, 0.2) is 16.8 Å². The highest BCUT2D eigenvalue weighted by Crippen LogP contribution is 2.33. The summed E-state index contributed by atoms with van der Waals surface area (Å²) in [6, 6.07) is 2.05. The van der Waals surface area contributed by atoms with Crippen LogP contribution in [0, 0.1) is 0 Å². The van der Waals surface area contributed by atoms with Crippen LogP contribution in [0.1, 0.15) is 38.7 Å². The molecule has 3 rings (SSSR count). The van der Waals surface area contributed by atoms with E-state index >= 15 is 0 Å². The molecule has 2 saturated heterocycles. The van der Waals surface area contributed by atoms with Gasteiger partial charge in [0.05, 0.1) is 0 Å². The largest absolute Gasteiger partial charge is 0.327 e. The van der Waals surface area contributed by atoms with Gasteiger partial charge in [-0.05, 0) is 42.2 Å². The number of hydrogen-bond acceptors (Lipinski definition) is 4. The fourth-order valence-electron chi connectivity index (χ4n) is 3.48. The molecule has 126 valence electrons. The van der Waals surface area contributed by atoms with Crippen molar-refractivity contribution in [3.63, 3.8) is 0 Å². The van der Waals surface area contributed by atoms with Gasteiger partial charge in [-0.1, -0.05) is 13.3 Å². The number of carbonyl (C=O) groups is 2. The molecule has 3 amide bonds. The van der Waals surface area contributed by atoms with Gasteiger partial charge in [-0.25, -0.2) is 4.79 Å². The number of hydrogen-bond donors (Lipinski definition) is 0. The number of carbonyl (C=O) groups excluding carboxylic acids is 2. The molecule has 2 aliphatic rings. The van der Waals surface area contributed by atoms with E-state index in [-0.39, 0.29) is 11.9 Å². The molecule has 0 aliphatic carbocycles. The Bertz CT molecular complexity index is 574. The molecule has 1 aromatic rings. The molecule has 0 spiro atoms. The molecule has 0 bridgehead atoms. The van der Waals surface area contributed by atoms with Crippen LogP contribution in [0.5, 0.6) is 0 Å². The minimum Gasteiger partial charge on any atom is -0.308 e. The summed E-state index contributed by atoms with van der Waals surface area (Å²) in [6.07, 6.45) is 2.58. The molecule has 6 heteroatoms. The van der Waals surface area contributed by atoms with Crippen LogP contribution in [0.2, 0.25) is 0 Å². The van der Waals surface area contributed by atoms with Crippen molar-refractivity contribution >= 4 is 23.3 Å². The van der Waals surface area contributed by atoms with Gasteiger partial charge < -0.3 is 4.90 Å². The molecular formula is C17H25N3O2S. The van der Waals surface area contributed by atoms with Gasteiger partial charge in [0, 0.05) is 32.7 Å². The summed E-state index contributed by atoms with van der Waals surface area (Å²) in [5.74, 6) is -0.00617. The zero-order valence-electron chi connectivity index (χ0n) is 14.0. The second kappa shape index (κ2) is 6.61. The lowest BCUT2D eigenvalue weighted by Crippen LogP contribution is -2.47. The molecule has 1 aromatic heterocycles. The summed E-state index contributed by atoms with van der Waals surface area (Å²) in [7, 11) is 0. The first-order valence-corrected chi connectivity index (χ1v) is 9.37. The van der Waals surface area contributed by atoms with E-state index in [9.17, 15) is 9.59 Å². The Morgan fingerprint density at radius 2 is 2.09 bits per heavy atom. The Kier molecular flexibility index (Phi) is 4.73. The number of urea groups is 1. The van der Waals surface area contributed by atoms with Crippen molar-refractivity contribution in [1.29, 1.82) is 0 Å². The van der Waals surface area contributed by atoms with Gasteiger partial charge in [0.1, 0.15) is 5.54 Å². The summed E-state index contributed by atoms with van der Waals surface area (Å²) in [6.45, 7) is 7.78. The number of fused-ring (bicyclic) bond motifs is 1.